The first-order valence-electron chi connectivity index (χ1n) is 9.14. The van der Waals surface area contributed by atoms with Crippen LogP contribution >= 0.6 is 23.2 Å². The van der Waals surface area contributed by atoms with Gasteiger partial charge in [0.1, 0.15) is 4.90 Å². The number of rotatable bonds is 7. The van der Waals surface area contributed by atoms with E-state index in [2.05, 4.69) is 5.32 Å². The second-order valence-corrected chi connectivity index (χ2v) is 9.46. The second-order valence-electron chi connectivity index (χ2n) is 6.77. The SMILES string of the molecule is CCCNC(=O)CN(C)C(=O)C1CCN(S(=O)(=O)c2c(Cl)cccc2Cl)CC1. The number of benzene rings is 1. The fourth-order valence-corrected chi connectivity index (χ4v) is 5.69. The van der Waals surface area contributed by atoms with E-state index < -0.39 is 10.0 Å². The lowest BCUT2D eigenvalue weighted by atomic mass is 9.96. The molecule has 1 N–H and O–H groups in total. The summed E-state index contributed by atoms with van der Waals surface area (Å²) in [6, 6.07) is 4.55. The maximum Gasteiger partial charge on any atom is 0.246 e. The number of likely N-dealkylation sites (N-methyl/N-ethyl adjacent to an activating group) is 1. The highest BCUT2D eigenvalue weighted by molar-refractivity contribution is 7.89. The molecule has 156 valence electrons. The van der Waals surface area contributed by atoms with Crippen LogP contribution in [-0.2, 0) is 19.6 Å². The molecule has 0 bridgehead atoms. The van der Waals surface area contributed by atoms with Gasteiger partial charge in [0.15, 0.2) is 0 Å². The summed E-state index contributed by atoms with van der Waals surface area (Å²) in [5.74, 6) is -0.678. The highest BCUT2D eigenvalue weighted by Crippen LogP contribution is 2.33. The lowest BCUT2D eigenvalue weighted by Crippen LogP contribution is -2.45. The molecule has 1 aromatic carbocycles. The number of nitrogens with zero attached hydrogens (tertiary/aromatic N) is 2. The van der Waals surface area contributed by atoms with Crippen molar-refractivity contribution in [2.45, 2.75) is 31.1 Å². The van der Waals surface area contributed by atoms with Crippen LogP contribution in [0.1, 0.15) is 26.2 Å². The first-order valence-corrected chi connectivity index (χ1v) is 11.3. The number of sulfonamides is 1. The average Bonchev–Trinajstić information content (AvgIpc) is 2.65. The molecule has 1 aromatic rings. The summed E-state index contributed by atoms with van der Waals surface area (Å²) in [7, 11) is -2.26. The lowest BCUT2D eigenvalue weighted by molar-refractivity contribution is -0.139. The maximum atomic E-state index is 12.9. The Labute approximate surface area is 176 Å². The summed E-state index contributed by atoms with van der Waals surface area (Å²) in [6.45, 7) is 2.90. The van der Waals surface area contributed by atoms with Crippen LogP contribution in [-0.4, -0.2) is 62.7 Å². The average molecular weight is 450 g/mol. The largest absolute Gasteiger partial charge is 0.355 e. The molecule has 28 heavy (non-hydrogen) atoms. The first-order chi connectivity index (χ1) is 13.2. The Bertz CT molecular complexity index is 804. The number of piperidine rings is 1. The van der Waals surface area contributed by atoms with Crippen LogP contribution < -0.4 is 5.32 Å². The summed E-state index contributed by atoms with van der Waals surface area (Å²) >= 11 is 12.1. The van der Waals surface area contributed by atoms with Gasteiger partial charge in [-0.2, -0.15) is 4.31 Å². The number of carbonyl (C=O) groups is 2. The van der Waals surface area contributed by atoms with Crippen molar-refractivity contribution in [3.05, 3.63) is 28.2 Å². The fourth-order valence-electron chi connectivity index (χ4n) is 3.13. The van der Waals surface area contributed by atoms with Crippen molar-refractivity contribution in [2.24, 2.45) is 5.92 Å². The Morgan fingerprint density at radius 2 is 1.79 bits per heavy atom. The molecule has 0 radical (unpaired) electrons. The Balaban J connectivity index is 1.98. The maximum absolute atomic E-state index is 12.9. The van der Waals surface area contributed by atoms with Gasteiger partial charge in [-0.3, -0.25) is 9.59 Å². The molecule has 0 saturated carbocycles. The summed E-state index contributed by atoms with van der Waals surface area (Å²) in [4.78, 5) is 25.7. The predicted molar refractivity (Wildman–Crippen MR) is 109 cm³/mol. The summed E-state index contributed by atoms with van der Waals surface area (Å²) < 4.78 is 27.1. The van der Waals surface area contributed by atoms with E-state index in [4.69, 9.17) is 23.2 Å². The van der Waals surface area contributed by atoms with E-state index in [9.17, 15) is 18.0 Å². The van der Waals surface area contributed by atoms with Gasteiger partial charge >= 0.3 is 0 Å². The van der Waals surface area contributed by atoms with E-state index in [0.717, 1.165) is 6.42 Å². The minimum atomic E-state index is -3.84. The number of amides is 2. The van der Waals surface area contributed by atoms with Gasteiger partial charge in [-0.05, 0) is 31.4 Å². The van der Waals surface area contributed by atoms with Gasteiger partial charge in [0.25, 0.3) is 0 Å². The third-order valence-corrected chi connectivity index (χ3v) is 7.50. The lowest BCUT2D eigenvalue weighted by Gasteiger charge is -2.32. The molecule has 1 aliphatic rings. The second kappa shape index (κ2) is 9.91. The summed E-state index contributed by atoms with van der Waals surface area (Å²) in [6.07, 6.45) is 1.58. The van der Waals surface area contributed by atoms with Gasteiger partial charge in [0, 0.05) is 32.6 Å². The van der Waals surface area contributed by atoms with Crippen LogP contribution in [0.5, 0.6) is 0 Å². The smallest absolute Gasteiger partial charge is 0.246 e. The third kappa shape index (κ3) is 5.37. The molecule has 10 heteroatoms. The zero-order valence-electron chi connectivity index (χ0n) is 16.0. The number of hydrogen-bond donors (Lipinski definition) is 1. The monoisotopic (exact) mass is 449 g/mol. The van der Waals surface area contributed by atoms with E-state index in [1.165, 1.54) is 21.3 Å². The first kappa shape index (κ1) is 22.9. The Morgan fingerprint density at radius 1 is 1.21 bits per heavy atom. The van der Waals surface area contributed by atoms with Crippen LogP contribution in [0.15, 0.2) is 23.1 Å². The molecule has 0 aromatic heterocycles. The molecule has 0 atom stereocenters. The van der Waals surface area contributed by atoms with Crippen molar-refractivity contribution in [2.75, 3.05) is 33.2 Å². The summed E-state index contributed by atoms with van der Waals surface area (Å²) in [5, 5.41) is 2.88. The predicted octanol–water partition coefficient (Wildman–Crippen LogP) is 2.38. The van der Waals surface area contributed by atoms with Crippen molar-refractivity contribution >= 4 is 45.0 Å². The van der Waals surface area contributed by atoms with Gasteiger partial charge in [0.05, 0.1) is 16.6 Å². The number of halogens is 2. The molecule has 2 amide bonds. The van der Waals surface area contributed by atoms with Gasteiger partial charge in [-0.25, -0.2) is 8.42 Å². The Kier molecular flexibility index (Phi) is 8.12. The van der Waals surface area contributed by atoms with E-state index in [1.54, 1.807) is 13.1 Å². The Hall–Kier alpha value is -1.35. The third-order valence-electron chi connectivity index (χ3n) is 4.65. The van der Waals surface area contributed by atoms with Gasteiger partial charge in [-0.1, -0.05) is 36.2 Å². The van der Waals surface area contributed by atoms with E-state index in [1.807, 2.05) is 6.92 Å². The zero-order valence-corrected chi connectivity index (χ0v) is 18.3. The highest BCUT2D eigenvalue weighted by Gasteiger charge is 2.35. The van der Waals surface area contributed by atoms with Crippen molar-refractivity contribution < 1.29 is 18.0 Å². The normalized spacial score (nSPS) is 16.0. The quantitative estimate of drug-likeness (QED) is 0.691. The molecule has 1 aliphatic heterocycles. The van der Waals surface area contributed by atoms with E-state index in [0.29, 0.717) is 19.4 Å². The van der Waals surface area contributed by atoms with Gasteiger partial charge in [-0.15, -0.1) is 0 Å². The molecule has 7 nitrogen and oxygen atoms in total. The van der Waals surface area contributed by atoms with Crippen molar-refractivity contribution in [1.82, 2.24) is 14.5 Å². The molecule has 1 saturated heterocycles. The molecule has 1 fully saturated rings. The molecule has 0 aliphatic carbocycles. The number of hydrogen-bond acceptors (Lipinski definition) is 4. The van der Waals surface area contributed by atoms with E-state index >= 15 is 0 Å². The molecule has 0 spiro atoms. The fraction of sp³-hybridized carbons (Fsp3) is 0.556. The van der Waals surface area contributed by atoms with Crippen molar-refractivity contribution in [3.63, 3.8) is 0 Å². The van der Waals surface area contributed by atoms with Crippen LogP contribution in [0.3, 0.4) is 0 Å². The minimum absolute atomic E-state index is 0.00736. The summed E-state index contributed by atoms with van der Waals surface area (Å²) in [5.41, 5.74) is 0. The Morgan fingerprint density at radius 3 is 2.32 bits per heavy atom. The zero-order chi connectivity index (χ0) is 20.9. The number of nitrogens with one attached hydrogen (secondary N) is 1. The van der Waals surface area contributed by atoms with Crippen LogP contribution in [0, 0.1) is 5.92 Å². The van der Waals surface area contributed by atoms with Gasteiger partial charge < -0.3 is 10.2 Å². The van der Waals surface area contributed by atoms with Crippen LogP contribution in [0.2, 0.25) is 10.0 Å². The standard InChI is InChI=1S/C18H25Cl2N3O4S/c1-3-9-21-16(24)12-22(2)18(25)13-7-10-23(11-8-13)28(26,27)17-14(19)5-4-6-15(17)20/h4-6,13H,3,7-12H2,1-2H3,(H,21,24). The van der Waals surface area contributed by atoms with Crippen molar-refractivity contribution in [1.29, 1.82) is 0 Å². The molecule has 2 rings (SSSR count). The van der Waals surface area contributed by atoms with Crippen LogP contribution in [0.4, 0.5) is 0 Å². The number of carbonyl (C=O) groups excluding carboxylic acids is 2. The molecule has 1 heterocycles. The minimum Gasteiger partial charge on any atom is -0.355 e. The van der Waals surface area contributed by atoms with Crippen LogP contribution in [0.25, 0.3) is 0 Å². The van der Waals surface area contributed by atoms with Gasteiger partial charge in [0.2, 0.25) is 21.8 Å². The molecular weight excluding hydrogens is 425 g/mol. The molecular formula is C18H25Cl2N3O4S. The van der Waals surface area contributed by atoms with Crippen molar-refractivity contribution in [3.8, 4) is 0 Å². The highest BCUT2D eigenvalue weighted by atomic mass is 35.5. The molecule has 0 unspecified atom stereocenters. The topological polar surface area (TPSA) is 86.8 Å². The van der Waals surface area contributed by atoms with E-state index in [-0.39, 0.29) is 52.3 Å².